The first-order chi connectivity index (χ1) is 35.0. The first-order valence-corrected chi connectivity index (χ1v) is 31.1. The molecule has 0 radical (unpaired) electrons. The Kier molecular flexibility index (Phi) is 57.7. The highest BCUT2D eigenvalue weighted by molar-refractivity contribution is 5.71. The van der Waals surface area contributed by atoms with E-state index in [0.29, 0.717) is 19.3 Å². The summed E-state index contributed by atoms with van der Waals surface area (Å²) in [6.07, 6.45) is 73.9. The van der Waals surface area contributed by atoms with Crippen molar-refractivity contribution in [2.45, 2.75) is 335 Å². The van der Waals surface area contributed by atoms with Gasteiger partial charge < -0.3 is 14.2 Å². The Hall–Kier alpha value is -2.63. The number of hydrogen-bond acceptors (Lipinski definition) is 6. The summed E-state index contributed by atoms with van der Waals surface area (Å²) in [7, 11) is 0. The Morgan fingerprint density at radius 1 is 0.282 bits per heavy atom. The second-order valence-corrected chi connectivity index (χ2v) is 21.0. The van der Waals surface area contributed by atoms with Gasteiger partial charge in [-0.3, -0.25) is 14.4 Å². The second-order valence-electron chi connectivity index (χ2n) is 21.0. The van der Waals surface area contributed by atoms with Crippen molar-refractivity contribution in [1.29, 1.82) is 0 Å². The molecule has 0 aliphatic carbocycles. The first kappa shape index (κ1) is 68.4. The van der Waals surface area contributed by atoms with Gasteiger partial charge in [-0.25, -0.2) is 0 Å². The molecule has 0 N–H and O–H groups in total. The Balaban J connectivity index is 4.36. The fourth-order valence-electron chi connectivity index (χ4n) is 9.09. The number of ether oxygens (including phenoxy) is 3. The van der Waals surface area contributed by atoms with E-state index in [2.05, 4.69) is 69.4 Å². The zero-order chi connectivity index (χ0) is 51.4. The number of rotatable bonds is 57. The minimum absolute atomic E-state index is 0.0755. The largest absolute Gasteiger partial charge is 0.462 e. The maximum Gasteiger partial charge on any atom is 0.306 e. The van der Waals surface area contributed by atoms with Crippen molar-refractivity contribution in [2.75, 3.05) is 13.2 Å². The zero-order valence-electron chi connectivity index (χ0n) is 47.5. The van der Waals surface area contributed by atoms with E-state index in [1.807, 2.05) is 0 Å². The number of carbonyl (C=O) groups is 3. The molecule has 0 amide bonds. The summed E-state index contributed by atoms with van der Waals surface area (Å²) < 4.78 is 16.9. The van der Waals surface area contributed by atoms with E-state index in [1.54, 1.807) is 0 Å². The number of carbonyl (C=O) groups excluding carboxylic acids is 3. The molecule has 0 aliphatic heterocycles. The smallest absolute Gasteiger partial charge is 0.306 e. The molecule has 0 saturated heterocycles. The highest BCUT2D eigenvalue weighted by atomic mass is 16.6. The summed E-state index contributed by atoms with van der Waals surface area (Å²) in [4.78, 5) is 38.3. The molecule has 0 aromatic carbocycles. The van der Waals surface area contributed by atoms with E-state index in [4.69, 9.17) is 14.2 Å². The van der Waals surface area contributed by atoms with Crippen molar-refractivity contribution in [3.63, 3.8) is 0 Å². The third kappa shape index (κ3) is 58.1. The number of unbranched alkanes of at least 4 members (excludes halogenated alkanes) is 38. The highest BCUT2D eigenvalue weighted by Gasteiger charge is 2.19. The minimum atomic E-state index is -0.779. The van der Waals surface area contributed by atoms with E-state index >= 15 is 0 Å². The van der Waals surface area contributed by atoms with Gasteiger partial charge in [-0.1, -0.05) is 275 Å². The number of esters is 3. The van der Waals surface area contributed by atoms with Crippen molar-refractivity contribution in [1.82, 2.24) is 0 Å². The minimum Gasteiger partial charge on any atom is -0.462 e. The summed E-state index contributed by atoms with van der Waals surface area (Å²) in [5.41, 5.74) is 0. The molecule has 414 valence electrons. The molecule has 0 fully saturated rings. The summed E-state index contributed by atoms with van der Waals surface area (Å²) >= 11 is 0. The van der Waals surface area contributed by atoms with Crippen LogP contribution in [-0.4, -0.2) is 37.2 Å². The fourth-order valence-corrected chi connectivity index (χ4v) is 9.09. The van der Waals surface area contributed by atoms with Crippen LogP contribution in [0.25, 0.3) is 0 Å². The Morgan fingerprint density at radius 3 is 0.803 bits per heavy atom. The maximum absolute atomic E-state index is 12.9. The molecule has 71 heavy (non-hydrogen) atoms. The lowest BCUT2D eigenvalue weighted by Crippen LogP contribution is -2.30. The third-order valence-corrected chi connectivity index (χ3v) is 13.8. The molecule has 0 unspecified atom stereocenters. The molecule has 1 atom stereocenters. The predicted octanol–water partition coefficient (Wildman–Crippen LogP) is 21.0. The van der Waals surface area contributed by atoms with Gasteiger partial charge in [0.1, 0.15) is 13.2 Å². The molecule has 0 heterocycles. The molecule has 0 bridgehead atoms. The van der Waals surface area contributed by atoms with Gasteiger partial charge in [0.15, 0.2) is 6.10 Å². The molecule has 6 heteroatoms. The summed E-state index contributed by atoms with van der Waals surface area (Å²) in [5, 5.41) is 0. The lowest BCUT2D eigenvalue weighted by Gasteiger charge is -2.18. The molecule has 0 aromatic heterocycles. The van der Waals surface area contributed by atoms with Crippen molar-refractivity contribution in [2.24, 2.45) is 0 Å². The predicted molar refractivity (Wildman–Crippen MR) is 307 cm³/mol. The molecule has 6 nitrogen and oxygen atoms in total. The van der Waals surface area contributed by atoms with Gasteiger partial charge in [-0.15, -0.1) is 0 Å². The van der Waals surface area contributed by atoms with Crippen LogP contribution in [0.4, 0.5) is 0 Å². The van der Waals surface area contributed by atoms with Crippen LogP contribution in [0, 0.1) is 0 Å². The van der Waals surface area contributed by atoms with Gasteiger partial charge in [0.2, 0.25) is 0 Å². The Bertz CT molecular complexity index is 1230. The number of hydrogen-bond donors (Lipinski definition) is 0. The van der Waals surface area contributed by atoms with Crippen LogP contribution >= 0.6 is 0 Å². The van der Waals surface area contributed by atoms with Crippen LogP contribution in [0.5, 0.6) is 0 Å². The van der Waals surface area contributed by atoms with Crippen LogP contribution in [-0.2, 0) is 28.6 Å². The van der Waals surface area contributed by atoms with Gasteiger partial charge in [-0.05, 0) is 83.5 Å². The van der Waals surface area contributed by atoms with E-state index in [0.717, 1.165) is 83.5 Å². The summed E-state index contributed by atoms with van der Waals surface area (Å²) in [6, 6.07) is 0. The topological polar surface area (TPSA) is 78.9 Å². The Labute approximate surface area is 441 Å². The maximum atomic E-state index is 12.9. The molecule has 0 aliphatic rings. The molecule has 0 spiro atoms. The molecule has 0 aromatic rings. The van der Waals surface area contributed by atoms with Gasteiger partial charge in [0, 0.05) is 19.3 Å². The van der Waals surface area contributed by atoms with Crippen LogP contribution in [0.2, 0.25) is 0 Å². The van der Waals surface area contributed by atoms with Gasteiger partial charge in [0.25, 0.3) is 0 Å². The van der Waals surface area contributed by atoms with Crippen LogP contribution in [0.1, 0.15) is 329 Å². The normalized spacial score (nSPS) is 12.3. The summed E-state index contributed by atoms with van der Waals surface area (Å²) in [6.45, 7) is 6.63. The fraction of sp³-hybridized carbons (Fsp3) is 0.831. The lowest BCUT2D eigenvalue weighted by molar-refractivity contribution is -0.167. The lowest BCUT2D eigenvalue weighted by atomic mass is 10.0. The van der Waals surface area contributed by atoms with E-state index in [1.165, 1.54) is 205 Å². The van der Waals surface area contributed by atoms with E-state index < -0.39 is 6.10 Å². The average molecular weight is 996 g/mol. The highest BCUT2D eigenvalue weighted by Crippen LogP contribution is 2.17. The second kappa shape index (κ2) is 59.9. The molecular formula is C65H118O6. The van der Waals surface area contributed by atoms with Gasteiger partial charge in [0.05, 0.1) is 0 Å². The quantitative estimate of drug-likeness (QED) is 0.0261. The standard InChI is InChI=1S/C65H118O6/c1-4-7-10-13-16-19-22-25-28-31-32-35-37-40-43-46-49-52-55-58-64(67)70-61-62(71-65(68)59-56-53-50-47-44-41-38-34-30-27-24-21-18-15-12-9-6-3)60-69-63(66)57-54-51-48-45-42-39-36-33-29-26-23-20-17-14-11-8-5-2/h17-18,20-21,26-27,29-30,62H,4-16,19,22-25,28,31-61H2,1-3H3/b20-17-,21-18-,29-26-,30-27-/t62-/m1/s1. The summed E-state index contributed by atoms with van der Waals surface area (Å²) in [5.74, 6) is -0.872. The molecule has 0 rings (SSSR count). The van der Waals surface area contributed by atoms with E-state index in [9.17, 15) is 14.4 Å². The van der Waals surface area contributed by atoms with E-state index in [-0.39, 0.29) is 31.1 Å². The SMILES string of the molecule is CCCCC/C=C\C/C=C\CCCCCCCCCC(=O)OC[C@H](COC(=O)CCCCCCCCCCCCCCCCCCCCC)OC(=O)CCCCCCCCC/C=C\C/C=C\CCCCC. The van der Waals surface area contributed by atoms with Gasteiger partial charge in [-0.2, -0.15) is 0 Å². The van der Waals surface area contributed by atoms with Crippen molar-refractivity contribution in [3.8, 4) is 0 Å². The zero-order valence-corrected chi connectivity index (χ0v) is 47.5. The van der Waals surface area contributed by atoms with Crippen LogP contribution in [0.15, 0.2) is 48.6 Å². The number of allylic oxidation sites excluding steroid dienone is 8. The van der Waals surface area contributed by atoms with Crippen molar-refractivity contribution >= 4 is 17.9 Å². The first-order valence-electron chi connectivity index (χ1n) is 31.1. The van der Waals surface area contributed by atoms with Crippen molar-refractivity contribution in [3.05, 3.63) is 48.6 Å². The molecule has 0 saturated carbocycles. The van der Waals surface area contributed by atoms with Crippen molar-refractivity contribution < 1.29 is 28.6 Å². The monoisotopic (exact) mass is 995 g/mol. The van der Waals surface area contributed by atoms with Crippen LogP contribution < -0.4 is 0 Å². The van der Waals surface area contributed by atoms with Crippen LogP contribution in [0.3, 0.4) is 0 Å². The third-order valence-electron chi connectivity index (χ3n) is 13.8. The Morgan fingerprint density at radius 2 is 0.507 bits per heavy atom. The average Bonchev–Trinajstić information content (AvgIpc) is 3.37. The van der Waals surface area contributed by atoms with Gasteiger partial charge >= 0.3 is 17.9 Å². The molecular weight excluding hydrogens is 877 g/mol.